The van der Waals surface area contributed by atoms with Crippen LogP contribution in [0.3, 0.4) is 0 Å². The summed E-state index contributed by atoms with van der Waals surface area (Å²) in [6.45, 7) is 28.1. The molecule has 0 radical (unpaired) electrons. The van der Waals surface area contributed by atoms with E-state index in [4.69, 9.17) is 13.6 Å². The molecule has 1 N–H and O–H groups in total. The first-order chi connectivity index (χ1) is 17.6. The molecule has 7 nitrogen and oxygen atoms in total. The fraction of sp³-hybridized carbons (Fsp3) is 0.933. The number of rotatable bonds is 13. The van der Waals surface area contributed by atoms with Crippen molar-refractivity contribution in [3.05, 3.63) is 0 Å². The molecule has 230 valence electrons. The second-order valence-corrected chi connectivity index (χ2v) is 24.5. The number of amides is 1. The topological polar surface area (TPSA) is 85.3 Å². The minimum Gasteiger partial charge on any atom is -0.467 e. The summed E-state index contributed by atoms with van der Waals surface area (Å²) in [5.41, 5.74) is 0. The van der Waals surface area contributed by atoms with E-state index < -0.39 is 28.8 Å². The zero-order valence-corrected chi connectivity index (χ0v) is 29.5. The van der Waals surface area contributed by atoms with E-state index in [0.29, 0.717) is 19.6 Å². The predicted octanol–water partition coefficient (Wildman–Crippen LogP) is 6.76. The fourth-order valence-corrected chi connectivity index (χ4v) is 6.98. The van der Waals surface area contributed by atoms with Crippen LogP contribution < -0.4 is 0 Å². The van der Waals surface area contributed by atoms with E-state index in [1.165, 1.54) is 7.11 Å². The van der Waals surface area contributed by atoms with Crippen LogP contribution in [0.4, 0.5) is 0 Å². The smallest absolute Gasteiger partial charge is 0.328 e. The molecule has 1 heterocycles. The molecule has 1 saturated heterocycles. The number of carbonyl (C=O) groups excluding carboxylic acids is 2. The summed E-state index contributed by atoms with van der Waals surface area (Å²) in [5.74, 6) is -0.400. The second-order valence-electron chi connectivity index (χ2n) is 14.9. The van der Waals surface area contributed by atoms with Gasteiger partial charge in [0.1, 0.15) is 6.04 Å². The summed E-state index contributed by atoms with van der Waals surface area (Å²) in [6, 6.07) is -0.539. The van der Waals surface area contributed by atoms with E-state index in [9.17, 15) is 14.7 Å². The van der Waals surface area contributed by atoms with Gasteiger partial charge >= 0.3 is 5.97 Å². The molecule has 1 rings (SSSR count). The van der Waals surface area contributed by atoms with Gasteiger partial charge in [0.2, 0.25) is 5.91 Å². The molecule has 0 aromatic rings. The van der Waals surface area contributed by atoms with Gasteiger partial charge in [0, 0.05) is 25.2 Å². The van der Waals surface area contributed by atoms with Crippen LogP contribution in [0.15, 0.2) is 0 Å². The average molecular weight is 588 g/mol. The number of hydrogen-bond donors (Lipinski definition) is 1. The zero-order valence-electron chi connectivity index (χ0n) is 27.5. The number of ether oxygens (including phenoxy) is 1. The maximum atomic E-state index is 13.1. The lowest BCUT2D eigenvalue weighted by molar-refractivity contribution is -0.155. The van der Waals surface area contributed by atoms with E-state index in [1.807, 2.05) is 6.92 Å². The Balaban J connectivity index is 2.90. The summed E-state index contributed by atoms with van der Waals surface area (Å²) in [7, 11) is -2.55. The third kappa shape index (κ3) is 10.5. The van der Waals surface area contributed by atoms with E-state index in [2.05, 4.69) is 74.7 Å². The number of piperidine rings is 1. The van der Waals surface area contributed by atoms with Gasteiger partial charge in [-0.25, -0.2) is 4.79 Å². The Morgan fingerprint density at radius 1 is 0.923 bits per heavy atom. The average Bonchev–Trinajstić information content (AvgIpc) is 2.82. The zero-order chi connectivity index (χ0) is 30.4. The fourth-order valence-electron chi connectivity index (χ4n) is 4.41. The monoisotopic (exact) mass is 587 g/mol. The van der Waals surface area contributed by atoms with Gasteiger partial charge < -0.3 is 23.6 Å². The lowest BCUT2D eigenvalue weighted by atomic mass is 9.91. The summed E-state index contributed by atoms with van der Waals surface area (Å²) in [4.78, 5) is 26.9. The van der Waals surface area contributed by atoms with Crippen molar-refractivity contribution in [2.24, 2.45) is 11.8 Å². The van der Waals surface area contributed by atoms with Crippen molar-refractivity contribution in [1.29, 1.82) is 0 Å². The van der Waals surface area contributed by atoms with Gasteiger partial charge in [0.05, 0.1) is 19.6 Å². The third-order valence-corrected chi connectivity index (χ3v) is 18.6. The van der Waals surface area contributed by atoms with Crippen molar-refractivity contribution in [1.82, 2.24) is 4.90 Å². The van der Waals surface area contributed by atoms with Crippen molar-refractivity contribution in [3.8, 4) is 0 Å². The summed E-state index contributed by atoms with van der Waals surface area (Å²) < 4.78 is 18.4. The Hall–Kier alpha value is -0.746. The number of esters is 1. The van der Waals surface area contributed by atoms with Crippen LogP contribution in [0.5, 0.6) is 0 Å². The summed E-state index contributed by atoms with van der Waals surface area (Å²) in [5, 5.41) is 11.2. The molecule has 39 heavy (non-hydrogen) atoms. The largest absolute Gasteiger partial charge is 0.467 e. The van der Waals surface area contributed by atoms with Gasteiger partial charge in [-0.15, -0.1) is 0 Å². The first-order valence-corrected chi connectivity index (χ1v) is 20.8. The maximum Gasteiger partial charge on any atom is 0.328 e. The van der Waals surface area contributed by atoms with Crippen molar-refractivity contribution in [2.75, 3.05) is 20.3 Å². The van der Waals surface area contributed by atoms with Crippen molar-refractivity contribution in [2.45, 2.75) is 148 Å². The van der Waals surface area contributed by atoms with E-state index in [1.54, 1.807) is 4.90 Å². The normalized spacial score (nSPS) is 20.8. The highest BCUT2D eigenvalue weighted by Crippen LogP contribution is 2.40. The highest BCUT2D eigenvalue weighted by atomic mass is 28.4. The van der Waals surface area contributed by atoms with Gasteiger partial charge in [-0.1, -0.05) is 55.4 Å². The lowest BCUT2D eigenvalue weighted by Crippen LogP contribution is -2.49. The minimum absolute atomic E-state index is 0.0202. The van der Waals surface area contributed by atoms with Crippen LogP contribution in [0.2, 0.25) is 36.3 Å². The Labute approximate surface area is 242 Å². The van der Waals surface area contributed by atoms with Crippen molar-refractivity contribution < 1.29 is 28.3 Å². The number of nitrogens with zero attached hydrogens (tertiary/aromatic N) is 1. The number of aliphatic hydroxyl groups is 1. The number of methoxy groups -OCH3 is 1. The molecular weight excluding hydrogens is 527 g/mol. The molecule has 0 saturated carbocycles. The first-order valence-electron chi connectivity index (χ1n) is 15.0. The number of hydrogen-bond acceptors (Lipinski definition) is 6. The Bertz CT molecular complexity index is 789. The molecule has 1 unspecified atom stereocenters. The van der Waals surface area contributed by atoms with E-state index >= 15 is 0 Å². The predicted molar refractivity (Wildman–Crippen MR) is 165 cm³/mol. The van der Waals surface area contributed by atoms with E-state index in [-0.39, 0.29) is 46.3 Å². The van der Waals surface area contributed by atoms with Crippen LogP contribution in [0.1, 0.15) is 93.9 Å². The van der Waals surface area contributed by atoms with Crippen LogP contribution in [-0.4, -0.2) is 77.0 Å². The minimum atomic E-state index is -2.02. The SMILES string of the molecule is COC(=O)[C@@H]1CCCCN1C(=O)CC(O)[C@H](C)CC[C@H](O[Si](C)(C)C(C)(C)C)[C@@H](C)CO[Si](C)(C)C(C)(C)C. The van der Waals surface area contributed by atoms with E-state index in [0.717, 1.165) is 25.7 Å². The van der Waals surface area contributed by atoms with Crippen LogP contribution in [-0.2, 0) is 23.2 Å². The molecule has 0 aromatic heterocycles. The van der Waals surface area contributed by atoms with Gasteiger partial charge in [-0.2, -0.15) is 0 Å². The highest BCUT2D eigenvalue weighted by molar-refractivity contribution is 6.74. The molecule has 0 spiro atoms. The van der Waals surface area contributed by atoms with Crippen molar-refractivity contribution in [3.63, 3.8) is 0 Å². The lowest BCUT2D eigenvalue weighted by Gasteiger charge is -2.42. The molecule has 0 aromatic carbocycles. The number of aliphatic hydroxyl groups excluding tert-OH is 1. The van der Waals surface area contributed by atoms with Gasteiger partial charge in [-0.3, -0.25) is 4.79 Å². The molecule has 0 aliphatic carbocycles. The Morgan fingerprint density at radius 3 is 2.00 bits per heavy atom. The van der Waals surface area contributed by atoms with Crippen LogP contribution in [0, 0.1) is 11.8 Å². The first kappa shape index (κ1) is 36.3. The van der Waals surface area contributed by atoms with Crippen LogP contribution >= 0.6 is 0 Å². The summed E-state index contributed by atoms with van der Waals surface area (Å²) >= 11 is 0. The molecule has 1 amide bonds. The Kier molecular flexibility index (Phi) is 13.4. The third-order valence-electron chi connectivity index (χ3n) is 9.64. The number of likely N-dealkylation sites (tertiary alicyclic amines) is 1. The maximum absolute atomic E-state index is 13.1. The van der Waals surface area contributed by atoms with Gasteiger partial charge in [-0.05, 0) is 74.3 Å². The van der Waals surface area contributed by atoms with Crippen LogP contribution in [0.25, 0.3) is 0 Å². The molecule has 1 aliphatic heterocycles. The molecule has 5 atom stereocenters. The second kappa shape index (κ2) is 14.4. The number of carbonyl (C=O) groups is 2. The molecular formula is C30H61NO6Si2. The highest BCUT2D eigenvalue weighted by Gasteiger charge is 2.42. The molecule has 0 bridgehead atoms. The van der Waals surface area contributed by atoms with Crippen molar-refractivity contribution >= 4 is 28.5 Å². The standard InChI is InChI=1S/C30H61NO6Si2/c1-22(25(32)20-27(33)31-19-15-14-16-24(31)28(34)35-9)17-18-26(37-39(12,13)30(6,7)8)23(2)21-36-38(10,11)29(3,4)5/h22-26,32H,14-21H2,1-13H3/t22-,23+,24+,25?,26+/m1/s1. The molecule has 1 fully saturated rings. The molecule has 1 aliphatic rings. The quantitative estimate of drug-likeness (QED) is 0.189. The summed E-state index contributed by atoms with van der Waals surface area (Å²) in [6.07, 6.45) is 3.20. The van der Waals surface area contributed by atoms with Gasteiger partial charge in [0.15, 0.2) is 16.6 Å². The molecule has 9 heteroatoms. The van der Waals surface area contributed by atoms with Gasteiger partial charge in [0.25, 0.3) is 0 Å². The Morgan fingerprint density at radius 2 is 1.49 bits per heavy atom.